The molecule has 0 spiro atoms. The second-order valence-electron chi connectivity index (χ2n) is 3.77. The van der Waals surface area contributed by atoms with E-state index in [1.165, 1.54) is 12.3 Å². The van der Waals surface area contributed by atoms with E-state index in [0.717, 1.165) is 0 Å². The van der Waals surface area contributed by atoms with Crippen LogP contribution in [0.3, 0.4) is 0 Å². The van der Waals surface area contributed by atoms with Gasteiger partial charge in [0, 0.05) is 35.0 Å². The number of hydrogen-bond donors (Lipinski definition) is 4. The molecular formula is C10H9F6IN6O2. The average Bonchev–Trinajstić information content (AvgIpc) is 2.35. The number of aromatic nitrogens is 4. The largest absolute Gasteiger partial charge is 0.441 e. The molecule has 0 radical (unpaired) electrons. The summed E-state index contributed by atoms with van der Waals surface area (Å²) in [6.45, 7) is 0. The Bertz CT molecular complexity index is 781. The van der Waals surface area contributed by atoms with Crippen LogP contribution in [0, 0.1) is 0 Å². The minimum atomic E-state index is -4.58. The molecule has 0 aliphatic carbocycles. The average molecular weight is 486 g/mol. The molecule has 0 aliphatic heterocycles. The third kappa shape index (κ3) is 11.8. The molecule has 2 aromatic rings. The molecule has 8 nitrogen and oxygen atoms in total. The van der Waals surface area contributed by atoms with Crippen molar-refractivity contribution in [2.75, 3.05) is 11.5 Å². The van der Waals surface area contributed by atoms with Crippen LogP contribution < -0.4 is 22.8 Å². The van der Waals surface area contributed by atoms with Crippen LogP contribution in [-0.2, 0) is 6.18 Å². The number of nitrogens with zero attached hydrogens (tertiary/aromatic N) is 2. The number of H-pyrrole nitrogens is 2. The highest BCUT2D eigenvalue weighted by molar-refractivity contribution is 14.1. The molecule has 2 rings (SSSR count). The molecule has 0 saturated heterocycles. The van der Waals surface area contributed by atoms with E-state index in [-0.39, 0.29) is 0 Å². The number of rotatable bonds is 0. The molecule has 2 heterocycles. The second kappa shape index (κ2) is 9.23. The van der Waals surface area contributed by atoms with E-state index in [4.69, 9.17) is 11.5 Å². The Balaban J connectivity index is 0.000000382. The van der Waals surface area contributed by atoms with Gasteiger partial charge in [0.1, 0.15) is 17.2 Å². The fourth-order valence-electron chi connectivity index (χ4n) is 1.02. The van der Waals surface area contributed by atoms with Crippen molar-refractivity contribution in [1.29, 1.82) is 0 Å². The summed E-state index contributed by atoms with van der Waals surface area (Å²) in [5.74, 6) is -0.382. The van der Waals surface area contributed by atoms with E-state index >= 15 is 0 Å². The topological polar surface area (TPSA) is 144 Å². The zero-order valence-corrected chi connectivity index (χ0v) is 13.9. The number of anilines is 2. The number of nitrogen functional groups attached to an aromatic ring is 2. The summed E-state index contributed by atoms with van der Waals surface area (Å²) in [7, 11) is 0. The Morgan fingerprint density at radius 1 is 0.960 bits per heavy atom. The molecule has 6 N–H and O–H groups in total. The molecule has 0 aromatic carbocycles. The van der Waals surface area contributed by atoms with Crippen molar-refractivity contribution in [3.8, 4) is 0 Å². The molecule has 0 aliphatic rings. The lowest BCUT2D eigenvalue weighted by atomic mass is 10.3. The molecule has 15 heteroatoms. The smallest absolute Gasteiger partial charge is 0.385 e. The summed E-state index contributed by atoms with van der Waals surface area (Å²) in [5, 5.41) is 0. The zero-order chi connectivity index (χ0) is 19.8. The van der Waals surface area contributed by atoms with Gasteiger partial charge in [0.2, 0.25) is 0 Å². The summed E-state index contributed by atoms with van der Waals surface area (Å²) >= 11 is 0.378. The fraction of sp³-hybridized carbons (Fsp3) is 0.200. The summed E-state index contributed by atoms with van der Waals surface area (Å²) < 4.78 is 62.8. The molecular weight excluding hydrogens is 477 g/mol. The first-order valence-corrected chi connectivity index (χ1v) is 6.76. The number of nitrogens with one attached hydrogen (secondary N) is 2. The quantitative estimate of drug-likeness (QED) is 0.254. The highest BCUT2D eigenvalue weighted by atomic mass is 127. The molecule has 0 unspecified atom stereocenters. The van der Waals surface area contributed by atoms with Crippen LogP contribution in [0.2, 0.25) is 0 Å². The lowest BCUT2D eigenvalue weighted by molar-refractivity contribution is -0.137. The Kier molecular flexibility index (Phi) is 8.37. The normalized spacial score (nSPS) is 10.8. The van der Waals surface area contributed by atoms with Crippen LogP contribution in [0.15, 0.2) is 28.0 Å². The summed E-state index contributed by atoms with van der Waals surface area (Å²) in [6, 6.07) is 1.52. The van der Waals surface area contributed by atoms with Gasteiger partial charge >= 0.3 is 21.7 Å². The standard InChI is InChI=1S/C5H4F3N3O.C4H5N3O.CF3I/c6-5(7,8)2-1-10-4(12)11-3(2)9;5-3-1-2-6-4(8)7-3;2-1(3,4)5/h1H,(H3,9,10,11,12);1-2H,(H3,5,6,7,8);. The SMILES string of the molecule is FC(F)(F)I.Nc1[nH]c(=O)ncc1C(F)(F)F.Nc1ccnc(=O)[nH]1. The molecule has 0 atom stereocenters. The first-order chi connectivity index (χ1) is 11.2. The van der Waals surface area contributed by atoms with E-state index in [9.17, 15) is 35.9 Å². The van der Waals surface area contributed by atoms with E-state index in [1.807, 2.05) is 0 Å². The van der Waals surface area contributed by atoms with Crippen LogP contribution >= 0.6 is 22.6 Å². The van der Waals surface area contributed by atoms with E-state index in [0.29, 0.717) is 34.6 Å². The summed E-state index contributed by atoms with van der Waals surface area (Å²) in [5.41, 5.74) is 7.60. The highest BCUT2D eigenvalue weighted by Gasteiger charge is 2.33. The van der Waals surface area contributed by atoms with Crippen molar-refractivity contribution in [2.24, 2.45) is 0 Å². The van der Waals surface area contributed by atoms with Crippen LogP contribution in [0.25, 0.3) is 0 Å². The van der Waals surface area contributed by atoms with Gasteiger partial charge in [-0.15, -0.1) is 0 Å². The maximum absolute atomic E-state index is 11.9. The Hall–Kier alpha value is -2.33. The number of aromatic amines is 2. The van der Waals surface area contributed by atoms with Crippen LogP contribution in [-0.4, -0.2) is 24.1 Å². The molecule has 0 saturated carbocycles. The number of halogens is 7. The predicted molar refractivity (Wildman–Crippen MR) is 83.6 cm³/mol. The Morgan fingerprint density at radius 2 is 1.44 bits per heavy atom. The van der Waals surface area contributed by atoms with Crippen LogP contribution in [0.1, 0.15) is 5.56 Å². The van der Waals surface area contributed by atoms with E-state index < -0.39 is 33.1 Å². The van der Waals surface area contributed by atoms with Crippen molar-refractivity contribution >= 4 is 34.2 Å². The minimum Gasteiger partial charge on any atom is -0.385 e. The molecule has 2 aromatic heterocycles. The van der Waals surface area contributed by atoms with Gasteiger partial charge in [0.25, 0.3) is 0 Å². The zero-order valence-electron chi connectivity index (χ0n) is 11.7. The first-order valence-electron chi connectivity index (χ1n) is 5.68. The summed E-state index contributed by atoms with van der Waals surface area (Å²) in [6.07, 6.45) is -2.83. The van der Waals surface area contributed by atoms with Crippen molar-refractivity contribution in [3.05, 3.63) is 45.0 Å². The molecule has 0 fully saturated rings. The van der Waals surface area contributed by atoms with Crippen molar-refractivity contribution < 1.29 is 26.3 Å². The highest BCUT2D eigenvalue weighted by Crippen LogP contribution is 2.30. The van der Waals surface area contributed by atoms with E-state index in [1.54, 1.807) is 4.98 Å². The van der Waals surface area contributed by atoms with Gasteiger partial charge in [-0.3, -0.25) is 9.97 Å². The number of alkyl halides is 7. The third-order valence-corrected chi connectivity index (χ3v) is 1.85. The molecule has 140 valence electrons. The Labute approximate surface area is 147 Å². The van der Waals surface area contributed by atoms with Crippen LogP contribution in [0.5, 0.6) is 0 Å². The van der Waals surface area contributed by atoms with Gasteiger partial charge in [-0.1, -0.05) is 0 Å². The van der Waals surface area contributed by atoms with Gasteiger partial charge in [-0.25, -0.2) is 19.6 Å². The maximum atomic E-state index is 11.9. The van der Waals surface area contributed by atoms with Crippen molar-refractivity contribution in [1.82, 2.24) is 19.9 Å². The number of hydrogen-bond acceptors (Lipinski definition) is 6. The predicted octanol–water partition coefficient (Wildman–Crippen LogP) is 1.66. The first kappa shape index (κ1) is 22.7. The Morgan fingerprint density at radius 3 is 1.76 bits per heavy atom. The summed E-state index contributed by atoms with van der Waals surface area (Å²) in [4.78, 5) is 30.9. The fourth-order valence-corrected chi connectivity index (χ4v) is 1.02. The van der Waals surface area contributed by atoms with Gasteiger partial charge in [-0.05, 0) is 6.07 Å². The second-order valence-corrected chi connectivity index (χ2v) is 5.00. The van der Waals surface area contributed by atoms with Crippen LogP contribution in [0.4, 0.5) is 38.0 Å². The van der Waals surface area contributed by atoms with Crippen molar-refractivity contribution in [2.45, 2.75) is 10.4 Å². The molecule has 0 amide bonds. The lowest BCUT2D eigenvalue weighted by Crippen LogP contribution is -2.18. The minimum absolute atomic E-state index is 0.338. The van der Waals surface area contributed by atoms with Crippen molar-refractivity contribution in [3.63, 3.8) is 0 Å². The monoisotopic (exact) mass is 486 g/mol. The molecule has 25 heavy (non-hydrogen) atoms. The number of nitrogens with two attached hydrogens (primary N) is 2. The van der Waals surface area contributed by atoms with Gasteiger partial charge in [0.05, 0.1) is 0 Å². The van der Waals surface area contributed by atoms with E-state index in [2.05, 4.69) is 15.0 Å². The lowest BCUT2D eigenvalue weighted by Gasteiger charge is -2.06. The van der Waals surface area contributed by atoms with Gasteiger partial charge in [0.15, 0.2) is 0 Å². The van der Waals surface area contributed by atoms with Gasteiger partial charge in [-0.2, -0.15) is 26.3 Å². The third-order valence-electron chi connectivity index (χ3n) is 1.85. The van der Waals surface area contributed by atoms with Gasteiger partial charge < -0.3 is 11.5 Å². The molecule has 0 bridgehead atoms. The maximum Gasteiger partial charge on any atom is 0.441 e.